The highest BCUT2D eigenvalue weighted by atomic mass is 35.5. The number of para-hydroxylation sites is 1. The van der Waals surface area contributed by atoms with Crippen LogP contribution in [-0.2, 0) is 0 Å². The smallest absolute Gasteiger partial charge is 0.250 e. The van der Waals surface area contributed by atoms with Crippen molar-refractivity contribution in [3.63, 3.8) is 0 Å². The Morgan fingerprint density at radius 1 is 1.08 bits per heavy atom. The van der Waals surface area contributed by atoms with E-state index in [0.717, 1.165) is 0 Å². The Kier molecular flexibility index (Phi) is 6.32. The van der Waals surface area contributed by atoms with Crippen molar-refractivity contribution in [3.8, 4) is 0 Å². The first-order valence-electron chi connectivity index (χ1n) is 7.24. The molecule has 6 nitrogen and oxygen atoms in total. The van der Waals surface area contributed by atoms with E-state index in [1.807, 2.05) is 0 Å². The summed E-state index contributed by atoms with van der Waals surface area (Å²) in [6.45, 7) is 0. The maximum absolute atomic E-state index is 13.0. The third-order valence-corrected chi connectivity index (χ3v) is 3.57. The molecule has 2 aromatic carbocycles. The molecule has 0 unspecified atom stereocenters. The first-order chi connectivity index (χ1) is 12.0. The van der Waals surface area contributed by atoms with Gasteiger partial charge >= 0.3 is 0 Å². The summed E-state index contributed by atoms with van der Waals surface area (Å²) in [6.07, 6.45) is 1.41. The third kappa shape index (κ3) is 4.59. The Hall–Kier alpha value is -2.90. The van der Waals surface area contributed by atoms with Gasteiger partial charge in [-0.3, -0.25) is 4.79 Å². The van der Waals surface area contributed by atoms with Gasteiger partial charge in [0.25, 0.3) is 5.91 Å². The molecule has 1 aromatic heterocycles. The summed E-state index contributed by atoms with van der Waals surface area (Å²) in [5.41, 5.74) is 6.77. The zero-order chi connectivity index (χ0) is 17.8. The quantitative estimate of drug-likeness (QED) is 0.601. The minimum atomic E-state index is -0.571. The summed E-state index contributed by atoms with van der Waals surface area (Å²) in [5, 5.41) is 6.18. The van der Waals surface area contributed by atoms with Gasteiger partial charge in [-0.25, -0.2) is 9.37 Å². The van der Waals surface area contributed by atoms with Crippen LogP contribution in [0.5, 0.6) is 0 Å². The van der Waals surface area contributed by atoms with Crippen LogP contribution in [0.3, 0.4) is 0 Å². The number of nitrogens with two attached hydrogens (primary N) is 1. The van der Waals surface area contributed by atoms with Crippen molar-refractivity contribution in [3.05, 3.63) is 71.1 Å². The van der Waals surface area contributed by atoms with Crippen molar-refractivity contribution >= 4 is 53.1 Å². The minimum absolute atomic E-state index is 0. The lowest BCUT2D eigenvalue weighted by atomic mass is 10.1. The van der Waals surface area contributed by atoms with Gasteiger partial charge in [-0.1, -0.05) is 23.7 Å². The van der Waals surface area contributed by atoms with E-state index in [1.54, 1.807) is 36.4 Å². The number of hydrogen-bond acceptors (Lipinski definition) is 5. The number of anilines is 4. The van der Waals surface area contributed by atoms with Gasteiger partial charge in [0.05, 0.1) is 17.4 Å². The molecule has 0 bridgehead atoms. The third-order valence-electron chi connectivity index (χ3n) is 3.29. The first-order valence-corrected chi connectivity index (χ1v) is 7.62. The van der Waals surface area contributed by atoms with Crippen LogP contribution in [0.2, 0.25) is 5.02 Å². The van der Waals surface area contributed by atoms with Crippen LogP contribution >= 0.6 is 24.0 Å². The molecule has 134 valence electrons. The van der Waals surface area contributed by atoms with E-state index >= 15 is 0 Å². The van der Waals surface area contributed by atoms with E-state index in [4.69, 9.17) is 17.3 Å². The number of nitrogens with one attached hydrogen (secondary N) is 2. The van der Waals surface area contributed by atoms with Gasteiger partial charge in [0, 0.05) is 5.69 Å². The van der Waals surface area contributed by atoms with Gasteiger partial charge < -0.3 is 16.4 Å². The number of amides is 1. The zero-order valence-electron chi connectivity index (χ0n) is 13.2. The molecule has 3 aromatic rings. The minimum Gasteiger partial charge on any atom is -0.366 e. The molecule has 3 rings (SSSR count). The number of primary amides is 1. The predicted molar refractivity (Wildman–Crippen MR) is 102 cm³/mol. The number of carbonyl (C=O) groups excluding carboxylic acids is 1. The number of halogens is 3. The predicted octanol–water partition coefficient (Wildman–Crippen LogP) is 4.28. The molecule has 0 spiro atoms. The summed E-state index contributed by atoms with van der Waals surface area (Å²) in [6, 6.07) is 12.5. The fourth-order valence-corrected chi connectivity index (χ4v) is 2.25. The maximum atomic E-state index is 13.0. The average molecular weight is 394 g/mol. The molecule has 1 heterocycles. The van der Waals surface area contributed by atoms with Crippen molar-refractivity contribution in [1.82, 2.24) is 9.97 Å². The molecule has 0 aliphatic carbocycles. The number of carbonyl (C=O) groups is 1. The van der Waals surface area contributed by atoms with E-state index in [-0.39, 0.29) is 29.2 Å². The summed E-state index contributed by atoms with van der Waals surface area (Å²) in [7, 11) is 0. The van der Waals surface area contributed by atoms with Crippen LogP contribution in [0.25, 0.3) is 0 Å². The topological polar surface area (TPSA) is 92.9 Å². The monoisotopic (exact) mass is 393 g/mol. The second-order valence-electron chi connectivity index (χ2n) is 5.06. The summed E-state index contributed by atoms with van der Waals surface area (Å²) in [5.74, 6) is -0.351. The molecule has 0 aliphatic rings. The number of hydrogen-bond donors (Lipinski definition) is 3. The molecule has 0 saturated carbocycles. The van der Waals surface area contributed by atoms with Crippen molar-refractivity contribution in [2.75, 3.05) is 10.6 Å². The Bertz CT molecular complexity index is 921. The van der Waals surface area contributed by atoms with Gasteiger partial charge in [-0.05, 0) is 36.4 Å². The van der Waals surface area contributed by atoms with E-state index in [1.165, 1.54) is 18.3 Å². The first kappa shape index (κ1) is 19.4. The Morgan fingerprint density at radius 3 is 2.46 bits per heavy atom. The van der Waals surface area contributed by atoms with E-state index < -0.39 is 5.91 Å². The number of rotatable bonds is 5. The second kappa shape index (κ2) is 8.46. The molecule has 4 N–H and O–H groups in total. The fraction of sp³-hybridized carbons (Fsp3) is 0. The largest absolute Gasteiger partial charge is 0.366 e. The summed E-state index contributed by atoms with van der Waals surface area (Å²) < 4.78 is 13.0. The molecular formula is C17H14Cl2FN5O. The van der Waals surface area contributed by atoms with Crippen LogP contribution in [0.15, 0.2) is 54.7 Å². The molecule has 1 amide bonds. The lowest BCUT2D eigenvalue weighted by Crippen LogP contribution is -2.13. The van der Waals surface area contributed by atoms with Gasteiger partial charge in [0.1, 0.15) is 10.8 Å². The van der Waals surface area contributed by atoms with Crippen LogP contribution in [0, 0.1) is 5.82 Å². The second-order valence-corrected chi connectivity index (χ2v) is 5.46. The molecular weight excluding hydrogens is 380 g/mol. The molecule has 0 atom stereocenters. The molecule has 0 fully saturated rings. The van der Waals surface area contributed by atoms with E-state index in [0.29, 0.717) is 22.8 Å². The van der Waals surface area contributed by atoms with Crippen molar-refractivity contribution in [2.24, 2.45) is 5.73 Å². The number of nitrogens with zero attached hydrogens (tertiary/aromatic N) is 2. The molecule has 9 heteroatoms. The lowest BCUT2D eigenvalue weighted by molar-refractivity contribution is 0.100. The summed E-state index contributed by atoms with van der Waals surface area (Å²) in [4.78, 5) is 19.9. The lowest BCUT2D eigenvalue weighted by Gasteiger charge is -2.12. The number of benzene rings is 2. The van der Waals surface area contributed by atoms with E-state index in [9.17, 15) is 9.18 Å². The average Bonchev–Trinajstić information content (AvgIpc) is 2.60. The zero-order valence-corrected chi connectivity index (χ0v) is 14.8. The van der Waals surface area contributed by atoms with Gasteiger partial charge in [0.2, 0.25) is 5.95 Å². The van der Waals surface area contributed by atoms with Crippen LogP contribution in [0.4, 0.5) is 27.5 Å². The SMILES string of the molecule is Cl.NC(=O)c1ccccc1Nc1nc(Nc2ccc(F)cc2)ncc1Cl. The van der Waals surface area contributed by atoms with Gasteiger partial charge in [-0.15, -0.1) is 12.4 Å². The maximum Gasteiger partial charge on any atom is 0.250 e. The van der Waals surface area contributed by atoms with Crippen molar-refractivity contribution in [2.45, 2.75) is 0 Å². The normalized spacial score (nSPS) is 9.92. The standard InChI is InChI=1S/C17H13ClFN5O.ClH/c18-13-9-21-17(22-11-7-5-10(19)6-8-11)24-16(13)23-14-4-2-1-3-12(14)15(20)25;/h1-9H,(H2,20,25)(H2,21,22,23,24);1H. The highest BCUT2D eigenvalue weighted by Gasteiger charge is 2.11. The van der Waals surface area contributed by atoms with Gasteiger partial charge in [0.15, 0.2) is 5.82 Å². The highest BCUT2D eigenvalue weighted by Crippen LogP contribution is 2.26. The molecule has 0 aliphatic heterocycles. The number of aromatic nitrogens is 2. The van der Waals surface area contributed by atoms with Crippen molar-refractivity contribution in [1.29, 1.82) is 0 Å². The van der Waals surface area contributed by atoms with Crippen molar-refractivity contribution < 1.29 is 9.18 Å². The van der Waals surface area contributed by atoms with Crippen LogP contribution < -0.4 is 16.4 Å². The highest BCUT2D eigenvalue weighted by molar-refractivity contribution is 6.33. The molecule has 0 saturated heterocycles. The molecule has 0 radical (unpaired) electrons. The summed E-state index contributed by atoms with van der Waals surface area (Å²) >= 11 is 6.12. The van der Waals surface area contributed by atoms with Gasteiger partial charge in [-0.2, -0.15) is 4.98 Å². The van der Waals surface area contributed by atoms with Crippen LogP contribution in [-0.4, -0.2) is 15.9 Å². The Morgan fingerprint density at radius 2 is 1.77 bits per heavy atom. The molecule has 26 heavy (non-hydrogen) atoms. The fourth-order valence-electron chi connectivity index (χ4n) is 2.11. The van der Waals surface area contributed by atoms with E-state index in [2.05, 4.69) is 20.6 Å². The van der Waals surface area contributed by atoms with Crippen LogP contribution in [0.1, 0.15) is 10.4 Å². The Labute approximate surface area is 160 Å². The Balaban J connectivity index is 0.00000243.